The number of aromatic amines is 1. The Hall–Kier alpha value is -1.52. The molecular formula is C14H16ClN3O. The van der Waals surface area contributed by atoms with Gasteiger partial charge in [-0.05, 0) is 11.6 Å². The smallest absolute Gasteiger partial charge is 0.227 e. The molecule has 100 valence electrons. The number of halogens is 1. The second kappa shape index (κ2) is 5.23. The number of fused-ring (bicyclic) bond motifs is 1. The van der Waals surface area contributed by atoms with Gasteiger partial charge in [0.2, 0.25) is 5.91 Å². The summed E-state index contributed by atoms with van der Waals surface area (Å²) < 4.78 is 0. The maximum atomic E-state index is 12.2. The van der Waals surface area contributed by atoms with Crippen molar-refractivity contribution >= 4 is 28.4 Å². The number of para-hydroxylation sites is 1. The maximum Gasteiger partial charge on any atom is 0.227 e. The van der Waals surface area contributed by atoms with Crippen LogP contribution in [-0.2, 0) is 11.2 Å². The Morgan fingerprint density at radius 2 is 2.11 bits per heavy atom. The zero-order valence-electron chi connectivity index (χ0n) is 10.6. The maximum absolute atomic E-state index is 12.2. The Morgan fingerprint density at radius 3 is 2.89 bits per heavy atom. The lowest BCUT2D eigenvalue weighted by atomic mass is 10.1. The summed E-state index contributed by atoms with van der Waals surface area (Å²) in [5.74, 6) is 0.183. The number of hydrogen-bond acceptors (Lipinski definition) is 2. The van der Waals surface area contributed by atoms with E-state index in [0.717, 1.165) is 42.6 Å². The Bertz CT molecular complexity index is 602. The van der Waals surface area contributed by atoms with Crippen LogP contribution in [0.1, 0.15) is 5.56 Å². The van der Waals surface area contributed by atoms with E-state index in [1.807, 2.05) is 29.3 Å². The number of rotatable bonds is 2. The molecule has 1 saturated heterocycles. The van der Waals surface area contributed by atoms with Crippen LogP contribution in [0.3, 0.4) is 0 Å². The van der Waals surface area contributed by atoms with Crippen molar-refractivity contribution in [3.63, 3.8) is 0 Å². The molecule has 0 bridgehead atoms. The molecule has 3 rings (SSSR count). The van der Waals surface area contributed by atoms with Crippen molar-refractivity contribution in [3.05, 3.63) is 35.0 Å². The molecule has 0 radical (unpaired) electrons. The highest BCUT2D eigenvalue weighted by molar-refractivity contribution is 6.35. The summed E-state index contributed by atoms with van der Waals surface area (Å²) in [6, 6.07) is 5.76. The first-order valence-corrected chi connectivity index (χ1v) is 6.86. The fourth-order valence-corrected chi connectivity index (χ4v) is 2.74. The molecule has 1 aliphatic rings. The predicted octanol–water partition coefficient (Wildman–Crippen LogP) is 1.80. The zero-order chi connectivity index (χ0) is 13.2. The summed E-state index contributed by atoms with van der Waals surface area (Å²) in [6.45, 7) is 3.35. The Labute approximate surface area is 116 Å². The van der Waals surface area contributed by atoms with Crippen LogP contribution in [0.4, 0.5) is 0 Å². The van der Waals surface area contributed by atoms with Crippen LogP contribution in [0, 0.1) is 0 Å². The molecule has 0 atom stereocenters. The fourth-order valence-electron chi connectivity index (χ4n) is 2.51. The van der Waals surface area contributed by atoms with E-state index in [9.17, 15) is 4.79 Å². The summed E-state index contributed by atoms with van der Waals surface area (Å²) in [5.41, 5.74) is 1.92. The highest BCUT2D eigenvalue weighted by atomic mass is 35.5. The van der Waals surface area contributed by atoms with E-state index < -0.39 is 0 Å². The molecule has 0 saturated carbocycles. The second-order valence-electron chi connectivity index (χ2n) is 4.78. The number of nitrogens with one attached hydrogen (secondary N) is 2. The topological polar surface area (TPSA) is 48.1 Å². The van der Waals surface area contributed by atoms with E-state index in [1.54, 1.807) is 0 Å². The van der Waals surface area contributed by atoms with E-state index in [-0.39, 0.29) is 5.91 Å². The summed E-state index contributed by atoms with van der Waals surface area (Å²) in [7, 11) is 0. The van der Waals surface area contributed by atoms with Crippen LogP contribution in [0.5, 0.6) is 0 Å². The molecular weight excluding hydrogens is 262 g/mol. The molecule has 1 fully saturated rings. The normalized spacial score (nSPS) is 15.9. The third-order valence-corrected chi connectivity index (χ3v) is 3.88. The number of piperazine rings is 1. The van der Waals surface area contributed by atoms with Gasteiger partial charge in [-0.3, -0.25) is 4.79 Å². The molecule has 4 nitrogen and oxygen atoms in total. The molecule has 2 heterocycles. The minimum Gasteiger partial charge on any atom is -0.360 e. The SMILES string of the molecule is O=C(Cc1c[nH]c2c(Cl)cccc12)N1CCNCC1. The van der Waals surface area contributed by atoms with Crippen LogP contribution in [0.2, 0.25) is 5.02 Å². The van der Waals surface area contributed by atoms with Crippen LogP contribution in [-0.4, -0.2) is 42.0 Å². The molecule has 0 spiro atoms. The Balaban J connectivity index is 1.81. The predicted molar refractivity (Wildman–Crippen MR) is 76.5 cm³/mol. The van der Waals surface area contributed by atoms with Gasteiger partial charge in [0.15, 0.2) is 0 Å². The number of amides is 1. The molecule has 1 aliphatic heterocycles. The average molecular weight is 278 g/mol. The third-order valence-electron chi connectivity index (χ3n) is 3.56. The van der Waals surface area contributed by atoms with Gasteiger partial charge in [0.25, 0.3) is 0 Å². The number of H-pyrrole nitrogens is 1. The Morgan fingerprint density at radius 1 is 1.32 bits per heavy atom. The van der Waals surface area contributed by atoms with Crippen LogP contribution >= 0.6 is 11.6 Å². The third kappa shape index (κ3) is 2.46. The number of carbonyl (C=O) groups excluding carboxylic acids is 1. The molecule has 19 heavy (non-hydrogen) atoms. The van der Waals surface area contributed by atoms with Gasteiger partial charge in [-0.1, -0.05) is 23.7 Å². The van der Waals surface area contributed by atoms with E-state index in [2.05, 4.69) is 10.3 Å². The monoisotopic (exact) mass is 277 g/mol. The summed E-state index contributed by atoms with van der Waals surface area (Å²) in [5, 5.41) is 4.98. The molecule has 2 N–H and O–H groups in total. The highest BCUT2D eigenvalue weighted by Gasteiger charge is 2.18. The van der Waals surface area contributed by atoms with E-state index >= 15 is 0 Å². The van der Waals surface area contributed by atoms with E-state index in [0.29, 0.717) is 11.4 Å². The highest BCUT2D eigenvalue weighted by Crippen LogP contribution is 2.25. The first-order valence-electron chi connectivity index (χ1n) is 6.48. The number of nitrogens with zero attached hydrogens (tertiary/aromatic N) is 1. The number of carbonyl (C=O) groups is 1. The first kappa shape index (κ1) is 12.5. The first-order chi connectivity index (χ1) is 9.25. The van der Waals surface area contributed by atoms with Crippen LogP contribution < -0.4 is 5.32 Å². The largest absolute Gasteiger partial charge is 0.360 e. The standard InChI is InChI=1S/C14H16ClN3O/c15-12-3-1-2-11-10(9-17-14(11)12)8-13(19)18-6-4-16-5-7-18/h1-3,9,16-17H,4-8H2. The van der Waals surface area contributed by atoms with Gasteiger partial charge in [-0.2, -0.15) is 0 Å². The quantitative estimate of drug-likeness (QED) is 0.879. The lowest BCUT2D eigenvalue weighted by Gasteiger charge is -2.27. The lowest BCUT2D eigenvalue weighted by molar-refractivity contribution is -0.131. The molecule has 0 unspecified atom stereocenters. The van der Waals surface area contributed by atoms with Crippen molar-refractivity contribution in [2.45, 2.75) is 6.42 Å². The number of benzene rings is 1. The molecule has 0 aliphatic carbocycles. The van der Waals surface area contributed by atoms with Crippen LogP contribution in [0.25, 0.3) is 10.9 Å². The Kier molecular flexibility index (Phi) is 3.44. The molecule has 1 aromatic carbocycles. The zero-order valence-corrected chi connectivity index (χ0v) is 11.3. The minimum absolute atomic E-state index is 0.183. The van der Waals surface area contributed by atoms with Crippen molar-refractivity contribution in [1.29, 1.82) is 0 Å². The van der Waals surface area contributed by atoms with Gasteiger partial charge in [-0.15, -0.1) is 0 Å². The molecule has 2 aromatic rings. The molecule has 1 aromatic heterocycles. The van der Waals surface area contributed by atoms with Crippen molar-refractivity contribution in [2.24, 2.45) is 0 Å². The van der Waals surface area contributed by atoms with Gasteiger partial charge >= 0.3 is 0 Å². The summed E-state index contributed by atoms with van der Waals surface area (Å²) in [6.07, 6.45) is 2.32. The minimum atomic E-state index is 0.183. The van der Waals surface area contributed by atoms with Crippen molar-refractivity contribution < 1.29 is 4.79 Å². The number of hydrogen-bond donors (Lipinski definition) is 2. The van der Waals surface area contributed by atoms with Crippen molar-refractivity contribution in [2.75, 3.05) is 26.2 Å². The molecule has 1 amide bonds. The van der Waals surface area contributed by atoms with E-state index in [1.165, 1.54) is 0 Å². The van der Waals surface area contributed by atoms with Crippen LogP contribution in [0.15, 0.2) is 24.4 Å². The van der Waals surface area contributed by atoms with Gasteiger partial charge in [0.05, 0.1) is 17.0 Å². The van der Waals surface area contributed by atoms with Gasteiger partial charge in [0.1, 0.15) is 0 Å². The van der Waals surface area contributed by atoms with Crippen molar-refractivity contribution in [3.8, 4) is 0 Å². The lowest BCUT2D eigenvalue weighted by Crippen LogP contribution is -2.46. The second-order valence-corrected chi connectivity index (χ2v) is 5.19. The fraction of sp³-hybridized carbons (Fsp3) is 0.357. The van der Waals surface area contributed by atoms with Gasteiger partial charge in [-0.25, -0.2) is 0 Å². The molecule has 5 heteroatoms. The average Bonchev–Trinajstić information content (AvgIpc) is 2.84. The number of aromatic nitrogens is 1. The summed E-state index contributed by atoms with van der Waals surface area (Å²) in [4.78, 5) is 17.3. The van der Waals surface area contributed by atoms with Gasteiger partial charge < -0.3 is 15.2 Å². The van der Waals surface area contributed by atoms with Crippen molar-refractivity contribution in [1.82, 2.24) is 15.2 Å². The summed E-state index contributed by atoms with van der Waals surface area (Å²) >= 11 is 6.12. The van der Waals surface area contributed by atoms with Gasteiger partial charge in [0, 0.05) is 37.8 Å². The van der Waals surface area contributed by atoms with E-state index in [4.69, 9.17) is 11.6 Å².